The Balaban J connectivity index is 1.88. The van der Waals surface area contributed by atoms with E-state index in [0.29, 0.717) is 12.8 Å². The zero-order valence-corrected chi connectivity index (χ0v) is 17.6. The summed E-state index contributed by atoms with van der Waals surface area (Å²) in [4.78, 5) is 30.9. The number of nitrogens with zero attached hydrogens (tertiary/aromatic N) is 2. The van der Waals surface area contributed by atoms with Crippen molar-refractivity contribution in [2.75, 3.05) is 40.3 Å². The number of rotatable bonds is 10. The molecule has 26 heavy (non-hydrogen) atoms. The highest BCUT2D eigenvalue weighted by atomic mass is 16.2. The van der Waals surface area contributed by atoms with Gasteiger partial charge in [-0.1, -0.05) is 33.1 Å². The molecule has 1 aliphatic carbocycles. The molecule has 2 fully saturated rings. The summed E-state index contributed by atoms with van der Waals surface area (Å²) in [5.41, 5.74) is -0.697. The van der Waals surface area contributed by atoms with Crippen LogP contribution in [0.1, 0.15) is 78.1 Å². The van der Waals surface area contributed by atoms with Crippen LogP contribution in [0.4, 0.5) is 0 Å². The van der Waals surface area contributed by atoms with Crippen LogP contribution < -0.4 is 0 Å². The van der Waals surface area contributed by atoms with E-state index in [0.717, 1.165) is 58.3 Å². The summed E-state index contributed by atoms with van der Waals surface area (Å²) in [7, 11) is 4.25. The van der Waals surface area contributed by atoms with Gasteiger partial charge in [0.1, 0.15) is 11.6 Å². The maximum atomic E-state index is 13.1. The average molecular weight is 365 g/mol. The molecule has 4 nitrogen and oxygen atoms in total. The van der Waals surface area contributed by atoms with Gasteiger partial charge in [0.2, 0.25) is 0 Å². The van der Waals surface area contributed by atoms with Gasteiger partial charge in [0.15, 0.2) is 0 Å². The fourth-order valence-corrected chi connectivity index (χ4v) is 5.22. The Hall–Kier alpha value is -0.740. The Morgan fingerprint density at radius 2 is 1.58 bits per heavy atom. The van der Waals surface area contributed by atoms with Crippen LogP contribution in [0.5, 0.6) is 0 Å². The van der Waals surface area contributed by atoms with Crippen molar-refractivity contribution in [2.45, 2.75) is 78.1 Å². The highest BCUT2D eigenvalue weighted by molar-refractivity contribution is 6.09. The van der Waals surface area contributed by atoms with Crippen LogP contribution in [0, 0.1) is 10.8 Å². The SMILES string of the molecule is CCCC1(CCC)C(=O)CC2(CCN(CCCCCN(C)C)C2)CC1=O. The number of carbonyl (C=O) groups excluding carboxylic acids is 2. The molecular weight excluding hydrogens is 324 g/mol. The summed E-state index contributed by atoms with van der Waals surface area (Å²) < 4.78 is 0. The largest absolute Gasteiger partial charge is 0.309 e. The summed E-state index contributed by atoms with van der Waals surface area (Å²) in [6, 6.07) is 0. The first-order chi connectivity index (χ1) is 12.4. The minimum Gasteiger partial charge on any atom is -0.309 e. The van der Waals surface area contributed by atoms with E-state index in [-0.39, 0.29) is 17.0 Å². The van der Waals surface area contributed by atoms with E-state index in [1.54, 1.807) is 0 Å². The second-order valence-corrected chi connectivity index (χ2v) is 9.17. The van der Waals surface area contributed by atoms with Gasteiger partial charge in [-0.05, 0) is 71.2 Å². The van der Waals surface area contributed by atoms with Gasteiger partial charge in [-0.25, -0.2) is 0 Å². The molecule has 0 aromatic heterocycles. The van der Waals surface area contributed by atoms with Crippen LogP contribution in [-0.2, 0) is 9.59 Å². The fourth-order valence-electron chi connectivity index (χ4n) is 5.22. The molecule has 0 atom stereocenters. The number of carbonyl (C=O) groups is 2. The Labute approximate surface area is 160 Å². The van der Waals surface area contributed by atoms with Crippen molar-refractivity contribution in [3.8, 4) is 0 Å². The van der Waals surface area contributed by atoms with Gasteiger partial charge in [0.05, 0.1) is 5.41 Å². The van der Waals surface area contributed by atoms with E-state index >= 15 is 0 Å². The third kappa shape index (κ3) is 4.95. The zero-order chi connectivity index (χ0) is 19.2. The number of ketones is 2. The second kappa shape index (κ2) is 9.45. The predicted octanol–water partition coefficient (Wildman–Crippen LogP) is 3.93. The quantitative estimate of drug-likeness (QED) is 0.435. The van der Waals surface area contributed by atoms with Crippen LogP contribution in [0.3, 0.4) is 0 Å². The van der Waals surface area contributed by atoms with Crippen molar-refractivity contribution in [1.29, 1.82) is 0 Å². The lowest BCUT2D eigenvalue weighted by Crippen LogP contribution is -2.50. The summed E-state index contributed by atoms with van der Waals surface area (Å²) >= 11 is 0. The van der Waals surface area contributed by atoms with Crippen LogP contribution >= 0.6 is 0 Å². The molecule has 2 aliphatic rings. The molecule has 4 heteroatoms. The third-order valence-corrected chi connectivity index (χ3v) is 6.59. The minimum atomic E-state index is -0.644. The minimum absolute atomic E-state index is 0.0528. The van der Waals surface area contributed by atoms with Gasteiger partial charge in [-0.15, -0.1) is 0 Å². The molecule has 1 spiro atoms. The van der Waals surface area contributed by atoms with E-state index in [9.17, 15) is 9.59 Å². The molecule has 1 heterocycles. The van der Waals surface area contributed by atoms with Gasteiger partial charge < -0.3 is 9.80 Å². The van der Waals surface area contributed by atoms with Crippen molar-refractivity contribution < 1.29 is 9.59 Å². The van der Waals surface area contributed by atoms with Gasteiger partial charge in [-0.2, -0.15) is 0 Å². The molecule has 2 rings (SSSR count). The Kier molecular flexibility index (Phi) is 7.84. The standard InChI is InChI=1S/C22H40N2O2/c1-5-10-22(11-6-2)19(25)16-21(17-20(22)26)12-15-24(18-21)14-9-7-8-13-23(3)4/h5-18H2,1-4H3. The van der Waals surface area contributed by atoms with E-state index in [1.807, 2.05) is 0 Å². The van der Waals surface area contributed by atoms with Crippen LogP contribution in [0.25, 0.3) is 0 Å². The number of unbranched alkanes of at least 4 members (excludes halogenated alkanes) is 2. The highest BCUT2D eigenvalue weighted by Gasteiger charge is 2.54. The van der Waals surface area contributed by atoms with E-state index in [1.165, 1.54) is 19.3 Å². The number of Topliss-reactive ketones (excluding diaryl/α,β-unsaturated/α-hetero) is 2. The Morgan fingerprint density at radius 3 is 2.12 bits per heavy atom. The lowest BCUT2D eigenvalue weighted by Gasteiger charge is -2.42. The first kappa shape index (κ1) is 21.6. The molecule has 0 aromatic rings. The smallest absolute Gasteiger partial charge is 0.147 e. The first-order valence-corrected chi connectivity index (χ1v) is 10.8. The third-order valence-electron chi connectivity index (χ3n) is 6.59. The first-order valence-electron chi connectivity index (χ1n) is 10.8. The van der Waals surface area contributed by atoms with Crippen molar-refractivity contribution in [3.63, 3.8) is 0 Å². The molecule has 0 amide bonds. The van der Waals surface area contributed by atoms with Crippen LogP contribution in [0.2, 0.25) is 0 Å². The predicted molar refractivity (Wildman–Crippen MR) is 107 cm³/mol. The molecule has 0 N–H and O–H groups in total. The summed E-state index contributed by atoms with van der Waals surface area (Å²) in [5.74, 6) is 0.510. The molecule has 1 saturated heterocycles. The topological polar surface area (TPSA) is 40.6 Å². The van der Waals surface area contributed by atoms with Crippen molar-refractivity contribution >= 4 is 11.6 Å². The van der Waals surface area contributed by atoms with Crippen LogP contribution in [0.15, 0.2) is 0 Å². The van der Waals surface area contributed by atoms with Gasteiger partial charge in [-0.3, -0.25) is 9.59 Å². The van der Waals surface area contributed by atoms with Crippen molar-refractivity contribution in [2.24, 2.45) is 10.8 Å². The van der Waals surface area contributed by atoms with Crippen LogP contribution in [-0.4, -0.2) is 61.6 Å². The van der Waals surface area contributed by atoms with E-state index in [4.69, 9.17) is 0 Å². The fraction of sp³-hybridized carbons (Fsp3) is 0.909. The second-order valence-electron chi connectivity index (χ2n) is 9.17. The lowest BCUT2D eigenvalue weighted by molar-refractivity contribution is -0.150. The molecule has 0 aromatic carbocycles. The van der Waals surface area contributed by atoms with Gasteiger partial charge in [0.25, 0.3) is 0 Å². The Morgan fingerprint density at radius 1 is 0.962 bits per heavy atom. The zero-order valence-electron chi connectivity index (χ0n) is 17.6. The summed E-state index contributed by atoms with van der Waals surface area (Å²) in [6.07, 6.45) is 9.38. The molecular formula is C22H40N2O2. The summed E-state index contributed by atoms with van der Waals surface area (Å²) in [5, 5.41) is 0. The molecule has 0 bridgehead atoms. The number of hydrogen-bond acceptors (Lipinski definition) is 4. The summed E-state index contributed by atoms with van der Waals surface area (Å²) in [6.45, 7) is 8.47. The molecule has 150 valence electrons. The average Bonchev–Trinajstić information content (AvgIpc) is 2.95. The molecule has 1 saturated carbocycles. The van der Waals surface area contributed by atoms with E-state index in [2.05, 4.69) is 37.7 Å². The maximum Gasteiger partial charge on any atom is 0.147 e. The van der Waals surface area contributed by atoms with E-state index < -0.39 is 5.41 Å². The normalized spacial score (nSPS) is 22.7. The molecule has 1 aliphatic heterocycles. The van der Waals surface area contributed by atoms with Gasteiger partial charge in [0, 0.05) is 19.4 Å². The molecule has 0 unspecified atom stereocenters. The van der Waals surface area contributed by atoms with Gasteiger partial charge >= 0.3 is 0 Å². The molecule has 0 radical (unpaired) electrons. The number of likely N-dealkylation sites (tertiary alicyclic amines) is 1. The van der Waals surface area contributed by atoms with Crippen molar-refractivity contribution in [1.82, 2.24) is 9.80 Å². The lowest BCUT2D eigenvalue weighted by atomic mass is 9.59. The highest BCUT2D eigenvalue weighted by Crippen LogP contribution is 2.49. The maximum absolute atomic E-state index is 13.1. The monoisotopic (exact) mass is 364 g/mol. The number of hydrogen-bond donors (Lipinski definition) is 0. The Bertz CT molecular complexity index is 461. The van der Waals surface area contributed by atoms with Crippen molar-refractivity contribution in [3.05, 3.63) is 0 Å².